The maximum atomic E-state index is 12.6. The molecule has 0 amide bonds. The maximum absolute atomic E-state index is 12.6. The molecule has 2 aromatic rings. The summed E-state index contributed by atoms with van der Waals surface area (Å²) in [4.78, 5) is 0. The van der Waals surface area contributed by atoms with E-state index in [0.29, 0.717) is 36.7 Å². The van der Waals surface area contributed by atoms with Crippen molar-refractivity contribution in [1.82, 2.24) is 0 Å². The lowest BCUT2D eigenvalue weighted by molar-refractivity contribution is -0.381. The number of aliphatic hydroxyl groups excluding tert-OH is 1. The Bertz CT molecular complexity index is 1820. The van der Waals surface area contributed by atoms with Gasteiger partial charge in [0, 0.05) is 23.7 Å². The molecule has 2 aromatic carbocycles. The van der Waals surface area contributed by atoms with E-state index in [4.69, 9.17) is 52.1 Å². The van der Waals surface area contributed by atoms with Gasteiger partial charge in [-0.05, 0) is 72.3 Å². The summed E-state index contributed by atoms with van der Waals surface area (Å²) in [7, 11) is 0. The van der Waals surface area contributed by atoms with Crippen LogP contribution in [0.5, 0.6) is 0 Å². The fraction of sp³-hybridized carbons (Fsp3) is 0.793. The average molecular weight is 981 g/mol. The predicted molar refractivity (Wildman–Crippen MR) is 269 cm³/mol. The Balaban J connectivity index is 1.14. The Morgan fingerprint density at radius 3 is 1.24 bits per heavy atom. The second-order valence-corrected chi connectivity index (χ2v) is 22.1. The van der Waals surface area contributed by atoms with Crippen LogP contribution in [-0.4, -0.2) is 104 Å². The predicted octanol–water partition coefficient (Wildman–Crippen LogP) is 10.9. The van der Waals surface area contributed by atoms with Gasteiger partial charge >= 0.3 is 0 Å². The standard InChI is InChI=1S/C58H92O12/c1-15-44-34(7)32(5)38(11)54(63-44)62-31-48-49(59)52(70-56-39(12)33(6)35(8)45(16-2)64-56)53(60-29-42-25-21-19-22-26-42)58(67-48)69-51-37(10)41(14)57(66-47(51)18-4)68-50-36(9)40(13)55(65-46(50)17-3)61-30-43-27-23-20-24-28-43/h19-28,32-41,44-59H,15-18,29-31H2,1-14H3/t32-,33?,34-,35-,36+,37+,38?,39?,40?,41?,44?,45-,46?,47?,48?,49+,50-,51-,52-,53?,54-,55+,56+,57-,58-/m0/s1. The van der Waals surface area contributed by atoms with Crippen LogP contribution in [0.4, 0.5) is 0 Å². The summed E-state index contributed by atoms with van der Waals surface area (Å²) in [5.41, 5.74) is 2.10. The topological polar surface area (TPSA) is 122 Å². The summed E-state index contributed by atoms with van der Waals surface area (Å²) in [6.07, 6.45) is -4.36. The summed E-state index contributed by atoms with van der Waals surface area (Å²) < 4.78 is 75.5. The van der Waals surface area contributed by atoms with Gasteiger partial charge in [0.1, 0.15) is 24.4 Å². The van der Waals surface area contributed by atoms with E-state index in [1.54, 1.807) is 0 Å². The van der Waals surface area contributed by atoms with Gasteiger partial charge in [-0.25, -0.2) is 0 Å². The molecule has 0 radical (unpaired) electrons. The van der Waals surface area contributed by atoms with E-state index in [0.717, 1.165) is 30.4 Å². The zero-order chi connectivity index (χ0) is 50.4. The number of aliphatic hydroxyl groups is 1. The molecular formula is C58H92O12. The van der Waals surface area contributed by atoms with Gasteiger partial charge in [0.05, 0.1) is 56.4 Å². The molecule has 0 aromatic heterocycles. The van der Waals surface area contributed by atoms with E-state index in [-0.39, 0.29) is 85.5 Å². The molecule has 12 heteroatoms. The molecule has 5 saturated heterocycles. The van der Waals surface area contributed by atoms with Crippen LogP contribution < -0.4 is 0 Å². The molecule has 5 aliphatic heterocycles. The molecule has 7 rings (SSSR count). The minimum Gasteiger partial charge on any atom is -0.387 e. The molecule has 25 atom stereocenters. The van der Waals surface area contributed by atoms with E-state index >= 15 is 0 Å². The third-order valence-electron chi connectivity index (χ3n) is 17.9. The molecule has 10 unspecified atom stereocenters. The van der Waals surface area contributed by atoms with Gasteiger partial charge in [0.2, 0.25) is 0 Å². The zero-order valence-electron chi connectivity index (χ0n) is 45.1. The van der Waals surface area contributed by atoms with E-state index in [1.807, 2.05) is 48.5 Å². The lowest BCUT2D eigenvalue weighted by atomic mass is 9.78. The third kappa shape index (κ3) is 12.5. The van der Waals surface area contributed by atoms with Crippen LogP contribution in [-0.2, 0) is 65.3 Å². The largest absolute Gasteiger partial charge is 0.387 e. The lowest BCUT2D eigenvalue weighted by Gasteiger charge is -2.52. The Morgan fingerprint density at radius 1 is 0.357 bits per heavy atom. The van der Waals surface area contributed by atoms with Crippen LogP contribution in [0.15, 0.2) is 60.7 Å². The average Bonchev–Trinajstić information content (AvgIpc) is 3.37. The summed E-state index contributed by atoms with van der Waals surface area (Å²) in [5.74, 6) is 1.82. The zero-order valence-corrected chi connectivity index (χ0v) is 45.1. The Hall–Kier alpha value is -2.04. The molecule has 5 heterocycles. The van der Waals surface area contributed by atoms with E-state index in [1.165, 1.54) is 0 Å². The maximum Gasteiger partial charge on any atom is 0.187 e. The Kier molecular flexibility index (Phi) is 20.3. The first-order chi connectivity index (χ1) is 33.6. The highest BCUT2D eigenvalue weighted by molar-refractivity contribution is 5.14. The van der Waals surface area contributed by atoms with Crippen LogP contribution in [0, 0.1) is 59.2 Å². The van der Waals surface area contributed by atoms with Crippen molar-refractivity contribution in [3.05, 3.63) is 71.8 Å². The van der Waals surface area contributed by atoms with Crippen molar-refractivity contribution < 1.29 is 57.2 Å². The third-order valence-corrected chi connectivity index (χ3v) is 17.9. The molecule has 1 N–H and O–H groups in total. The van der Waals surface area contributed by atoms with Gasteiger partial charge in [0.15, 0.2) is 31.5 Å². The fourth-order valence-corrected chi connectivity index (χ4v) is 11.8. The molecule has 12 nitrogen and oxygen atoms in total. The summed E-state index contributed by atoms with van der Waals surface area (Å²) in [6, 6.07) is 20.3. The van der Waals surface area contributed by atoms with Crippen molar-refractivity contribution in [3.63, 3.8) is 0 Å². The summed E-state index contributed by atoms with van der Waals surface area (Å²) >= 11 is 0. The van der Waals surface area contributed by atoms with E-state index in [9.17, 15) is 5.11 Å². The lowest BCUT2D eigenvalue weighted by Crippen LogP contribution is -2.64. The monoisotopic (exact) mass is 981 g/mol. The van der Waals surface area contributed by atoms with Crippen LogP contribution in [0.3, 0.4) is 0 Å². The smallest absolute Gasteiger partial charge is 0.187 e. The van der Waals surface area contributed by atoms with E-state index in [2.05, 4.69) is 109 Å². The molecule has 396 valence electrons. The first-order valence-electron chi connectivity index (χ1n) is 27.4. The van der Waals surface area contributed by atoms with Gasteiger partial charge in [-0.2, -0.15) is 0 Å². The van der Waals surface area contributed by atoms with E-state index < -0.39 is 55.7 Å². The van der Waals surface area contributed by atoms with Crippen molar-refractivity contribution in [3.8, 4) is 0 Å². The van der Waals surface area contributed by atoms with Crippen LogP contribution in [0.1, 0.15) is 134 Å². The Morgan fingerprint density at radius 2 is 0.729 bits per heavy atom. The summed E-state index contributed by atoms with van der Waals surface area (Å²) in [5, 5.41) is 12.6. The van der Waals surface area contributed by atoms with Crippen molar-refractivity contribution >= 4 is 0 Å². The molecule has 0 bridgehead atoms. The number of benzene rings is 2. The highest BCUT2D eigenvalue weighted by atomic mass is 16.8. The molecule has 5 aliphatic rings. The van der Waals surface area contributed by atoms with Crippen molar-refractivity contribution in [2.75, 3.05) is 6.61 Å². The number of rotatable bonds is 19. The highest BCUT2D eigenvalue weighted by Gasteiger charge is 2.54. The Labute approximate surface area is 421 Å². The van der Waals surface area contributed by atoms with Crippen molar-refractivity contribution in [1.29, 1.82) is 0 Å². The first-order valence-corrected chi connectivity index (χ1v) is 27.4. The van der Waals surface area contributed by atoms with Gasteiger partial charge in [0.25, 0.3) is 0 Å². The molecule has 5 fully saturated rings. The highest BCUT2D eigenvalue weighted by Crippen LogP contribution is 2.44. The quantitative estimate of drug-likeness (QED) is 0.144. The molecule has 0 aliphatic carbocycles. The normalized spacial score (nSPS) is 44.8. The fourth-order valence-electron chi connectivity index (χ4n) is 11.8. The van der Waals surface area contributed by atoms with Crippen molar-refractivity contribution in [2.45, 2.75) is 228 Å². The number of hydrogen-bond acceptors (Lipinski definition) is 12. The summed E-state index contributed by atoms with van der Waals surface area (Å²) in [6.45, 7) is 31.7. The van der Waals surface area contributed by atoms with Crippen LogP contribution >= 0.6 is 0 Å². The molecule has 0 spiro atoms. The van der Waals surface area contributed by atoms with Gasteiger partial charge in [-0.1, -0.05) is 158 Å². The molecule has 70 heavy (non-hydrogen) atoms. The second-order valence-electron chi connectivity index (χ2n) is 22.1. The van der Waals surface area contributed by atoms with Gasteiger partial charge in [-0.15, -0.1) is 0 Å². The number of hydrogen-bond donors (Lipinski definition) is 1. The molecule has 0 saturated carbocycles. The minimum absolute atomic E-state index is 0.0134. The molecular weight excluding hydrogens is 889 g/mol. The first kappa shape index (κ1) is 55.7. The SMILES string of the molecule is CCC1O[C@H](OCC2O[C@@H](O[C@@H]3C(CC)O[C@@H](O[C@@H]4C(CC)O[C@@H](OCc5ccccc5)C(C)[C@H]4C)C(C)[C@H]3C)C(OCc3ccccc3)[C@@H](O[C@H]3O[C@@H](CC)[C@@H](C)C(C)C3C)[C@@H]2O)C(C)[C@@H](C)[C@@H]1C. The number of ether oxygens (including phenoxy) is 11. The van der Waals surface area contributed by atoms with Gasteiger partial charge in [-0.3, -0.25) is 0 Å². The van der Waals surface area contributed by atoms with Crippen LogP contribution in [0.25, 0.3) is 0 Å². The minimum atomic E-state index is -1.14. The second kappa shape index (κ2) is 25.5. The van der Waals surface area contributed by atoms with Crippen molar-refractivity contribution in [2.24, 2.45) is 59.2 Å². The van der Waals surface area contributed by atoms with Crippen LogP contribution in [0.2, 0.25) is 0 Å². The van der Waals surface area contributed by atoms with Gasteiger partial charge < -0.3 is 57.2 Å².